The van der Waals surface area contributed by atoms with Crippen molar-refractivity contribution in [3.05, 3.63) is 48.0 Å². The summed E-state index contributed by atoms with van der Waals surface area (Å²) in [6.07, 6.45) is 1.59. The highest BCUT2D eigenvalue weighted by Crippen LogP contribution is 2.34. The molecule has 2 nitrogen and oxygen atoms in total. The minimum absolute atomic E-state index is 0.661. The van der Waals surface area contributed by atoms with E-state index in [4.69, 9.17) is 0 Å². The number of hydrogen-bond donors (Lipinski definition) is 2. The molecule has 0 spiro atoms. The number of nitrogens with one attached hydrogen (secondary N) is 1. The second-order valence-corrected chi connectivity index (χ2v) is 4.81. The Bertz CT molecular complexity index is 524. The largest absolute Gasteiger partial charge is 0.385 e. The highest BCUT2D eigenvalue weighted by molar-refractivity contribution is 5.86. The molecule has 0 radical (unpaired) electrons. The van der Waals surface area contributed by atoms with Gasteiger partial charge in [0.25, 0.3) is 0 Å². The molecule has 1 aliphatic rings. The summed E-state index contributed by atoms with van der Waals surface area (Å²) >= 11 is 0. The van der Waals surface area contributed by atoms with Gasteiger partial charge in [-0.2, -0.15) is 0 Å². The minimum atomic E-state index is -0.661. The molecule has 3 rings (SSSR count). The van der Waals surface area contributed by atoms with E-state index in [2.05, 4.69) is 29.6 Å². The molecule has 1 heterocycles. The Morgan fingerprint density at radius 3 is 2.47 bits per heavy atom. The van der Waals surface area contributed by atoms with E-state index in [1.807, 2.05) is 18.2 Å². The number of rotatable bonds is 1. The lowest BCUT2D eigenvalue weighted by Gasteiger charge is -2.34. The van der Waals surface area contributed by atoms with Crippen molar-refractivity contribution in [3.63, 3.8) is 0 Å². The van der Waals surface area contributed by atoms with Crippen LogP contribution in [0.5, 0.6) is 0 Å². The molecular weight excluding hydrogens is 210 g/mol. The maximum Gasteiger partial charge on any atom is 0.0926 e. The third-order valence-electron chi connectivity index (χ3n) is 3.72. The molecule has 2 N–H and O–H groups in total. The van der Waals surface area contributed by atoms with Gasteiger partial charge in [-0.25, -0.2) is 0 Å². The Hall–Kier alpha value is -1.38. The monoisotopic (exact) mass is 227 g/mol. The van der Waals surface area contributed by atoms with Crippen LogP contribution in [0, 0.1) is 0 Å². The SMILES string of the molecule is OC1(c2cccc3ccccc23)CCNCC1. The molecule has 2 aromatic carbocycles. The van der Waals surface area contributed by atoms with E-state index in [-0.39, 0.29) is 0 Å². The lowest BCUT2D eigenvalue weighted by atomic mass is 9.82. The fourth-order valence-corrected chi connectivity index (χ4v) is 2.74. The first-order chi connectivity index (χ1) is 8.30. The van der Waals surface area contributed by atoms with Gasteiger partial charge >= 0.3 is 0 Å². The zero-order valence-electron chi connectivity index (χ0n) is 9.82. The predicted molar refractivity (Wildman–Crippen MR) is 69.9 cm³/mol. The number of aliphatic hydroxyl groups is 1. The van der Waals surface area contributed by atoms with E-state index in [0.29, 0.717) is 0 Å². The van der Waals surface area contributed by atoms with Crippen molar-refractivity contribution in [1.29, 1.82) is 0 Å². The second kappa shape index (κ2) is 4.13. The molecule has 0 aromatic heterocycles. The Morgan fingerprint density at radius 1 is 0.941 bits per heavy atom. The standard InChI is InChI=1S/C15H17NO/c17-15(8-10-16-11-9-15)14-7-3-5-12-4-1-2-6-13(12)14/h1-7,16-17H,8-11H2. The van der Waals surface area contributed by atoms with Gasteiger partial charge in [-0.15, -0.1) is 0 Å². The molecule has 0 amide bonds. The normalized spacial score (nSPS) is 19.4. The molecule has 1 fully saturated rings. The van der Waals surface area contributed by atoms with Crippen LogP contribution in [-0.2, 0) is 5.60 Å². The maximum absolute atomic E-state index is 10.8. The summed E-state index contributed by atoms with van der Waals surface area (Å²) in [7, 11) is 0. The maximum atomic E-state index is 10.8. The highest BCUT2D eigenvalue weighted by Gasteiger charge is 2.32. The van der Waals surface area contributed by atoms with Gasteiger partial charge < -0.3 is 10.4 Å². The van der Waals surface area contributed by atoms with E-state index in [1.54, 1.807) is 0 Å². The smallest absolute Gasteiger partial charge is 0.0926 e. The van der Waals surface area contributed by atoms with Gasteiger partial charge in [0, 0.05) is 0 Å². The van der Waals surface area contributed by atoms with Crippen LogP contribution >= 0.6 is 0 Å². The minimum Gasteiger partial charge on any atom is -0.385 e. The summed E-state index contributed by atoms with van der Waals surface area (Å²) < 4.78 is 0. The van der Waals surface area contributed by atoms with Crippen LogP contribution in [0.1, 0.15) is 18.4 Å². The number of hydrogen-bond acceptors (Lipinski definition) is 2. The molecule has 1 aliphatic heterocycles. The lowest BCUT2D eigenvalue weighted by Crippen LogP contribution is -2.39. The summed E-state index contributed by atoms with van der Waals surface area (Å²) in [6, 6.07) is 14.5. The van der Waals surface area contributed by atoms with Gasteiger partial charge in [-0.1, -0.05) is 42.5 Å². The van der Waals surface area contributed by atoms with Crippen molar-refractivity contribution < 1.29 is 5.11 Å². The Morgan fingerprint density at radius 2 is 1.65 bits per heavy atom. The van der Waals surface area contributed by atoms with Crippen LogP contribution in [-0.4, -0.2) is 18.2 Å². The molecule has 1 saturated heterocycles. The lowest BCUT2D eigenvalue weighted by molar-refractivity contribution is 0.00735. The Kier molecular flexibility index (Phi) is 2.61. The van der Waals surface area contributed by atoms with Crippen LogP contribution in [0.4, 0.5) is 0 Å². The Balaban J connectivity index is 2.16. The summed E-state index contributed by atoms with van der Waals surface area (Å²) in [5.41, 5.74) is 0.420. The molecule has 2 heteroatoms. The predicted octanol–water partition coefficient (Wildman–Crippen LogP) is 2.41. The molecular formula is C15H17NO. The molecule has 0 atom stereocenters. The third kappa shape index (κ3) is 1.84. The molecule has 0 bridgehead atoms. The van der Waals surface area contributed by atoms with Crippen molar-refractivity contribution in [2.24, 2.45) is 0 Å². The van der Waals surface area contributed by atoms with Crippen molar-refractivity contribution in [2.75, 3.05) is 13.1 Å². The van der Waals surface area contributed by atoms with Gasteiger partial charge in [-0.3, -0.25) is 0 Å². The van der Waals surface area contributed by atoms with E-state index in [1.165, 1.54) is 10.8 Å². The van der Waals surface area contributed by atoms with Crippen LogP contribution in [0.25, 0.3) is 10.8 Å². The summed E-state index contributed by atoms with van der Waals surface area (Å²) in [6.45, 7) is 1.78. The summed E-state index contributed by atoms with van der Waals surface area (Å²) in [5.74, 6) is 0. The molecule has 0 unspecified atom stereocenters. The van der Waals surface area contributed by atoms with E-state index in [9.17, 15) is 5.11 Å². The second-order valence-electron chi connectivity index (χ2n) is 4.81. The van der Waals surface area contributed by atoms with Crippen molar-refractivity contribution in [2.45, 2.75) is 18.4 Å². The van der Waals surface area contributed by atoms with E-state index >= 15 is 0 Å². The van der Waals surface area contributed by atoms with Gasteiger partial charge in [-0.05, 0) is 42.3 Å². The molecule has 88 valence electrons. The first-order valence-corrected chi connectivity index (χ1v) is 6.21. The fraction of sp³-hybridized carbons (Fsp3) is 0.333. The van der Waals surface area contributed by atoms with Gasteiger partial charge in [0.1, 0.15) is 0 Å². The molecule has 17 heavy (non-hydrogen) atoms. The van der Waals surface area contributed by atoms with Crippen LogP contribution in [0.3, 0.4) is 0 Å². The van der Waals surface area contributed by atoms with Crippen molar-refractivity contribution >= 4 is 10.8 Å². The molecule has 0 aliphatic carbocycles. The van der Waals surface area contributed by atoms with Crippen LogP contribution < -0.4 is 5.32 Å². The topological polar surface area (TPSA) is 32.3 Å². The van der Waals surface area contributed by atoms with Crippen molar-refractivity contribution in [3.8, 4) is 0 Å². The van der Waals surface area contributed by atoms with E-state index < -0.39 is 5.60 Å². The fourth-order valence-electron chi connectivity index (χ4n) is 2.74. The molecule has 0 saturated carbocycles. The third-order valence-corrected chi connectivity index (χ3v) is 3.72. The van der Waals surface area contributed by atoms with Gasteiger partial charge in [0.05, 0.1) is 5.60 Å². The molecule has 2 aromatic rings. The van der Waals surface area contributed by atoms with Gasteiger partial charge in [0.2, 0.25) is 0 Å². The summed E-state index contributed by atoms with van der Waals surface area (Å²) in [4.78, 5) is 0. The average molecular weight is 227 g/mol. The van der Waals surface area contributed by atoms with Crippen LogP contribution in [0.15, 0.2) is 42.5 Å². The highest BCUT2D eigenvalue weighted by atomic mass is 16.3. The average Bonchev–Trinajstić information content (AvgIpc) is 2.39. The van der Waals surface area contributed by atoms with Crippen LogP contribution in [0.2, 0.25) is 0 Å². The first kappa shape index (κ1) is 10.8. The zero-order valence-corrected chi connectivity index (χ0v) is 9.82. The Labute approximate surface area is 101 Å². The number of piperidine rings is 1. The number of benzene rings is 2. The van der Waals surface area contributed by atoms with Gasteiger partial charge in [0.15, 0.2) is 0 Å². The van der Waals surface area contributed by atoms with Crippen molar-refractivity contribution in [1.82, 2.24) is 5.32 Å². The quantitative estimate of drug-likeness (QED) is 0.784. The number of fused-ring (bicyclic) bond motifs is 1. The van der Waals surface area contributed by atoms with E-state index in [0.717, 1.165) is 31.5 Å². The first-order valence-electron chi connectivity index (χ1n) is 6.21. The summed E-state index contributed by atoms with van der Waals surface area (Å²) in [5, 5.41) is 16.5. The zero-order chi connectivity index (χ0) is 11.7.